The highest BCUT2D eigenvalue weighted by molar-refractivity contribution is 5.30. The number of unbranched alkanes of at least 4 members (excludes halogenated alkanes) is 4. The van der Waals surface area contributed by atoms with Crippen LogP contribution < -0.4 is 4.74 Å². The van der Waals surface area contributed by atoms with E-state index in [1.165, 1.54) is 89.2 Å². The van der Waals surface area contributed by atoms with Gasteiger partial charge in [-0.05, 0) is 79.9 Å². The smallest absolute Gasteiger partial charge is 0.426 e. The van der Waals surface area contributed by atoms with Gasteiger partial charge in [0.1, 0.15) is 5.75 Å². The fourth-order valence-corrected chi connectivity index (χ4v) is 6.66. The highest BCUT2D eigenvalue weighted by atomic mass is 19.3. The predicted octanol–water partition coefficient (Wildman–Crippen LogP) is 10.7. The highest BCUT2D eigenvalue weighted by Gasteiger charge is 2.36. The minimum absolute atomic E-state index is 0.356. The van der Waals surface area contributed by atoms with E-state index in [1.54, 1.807) is 12.1 Å². The molecule has 1 nitrogen and oxygen atoms in total. The fraction of sp³-hybridized carbons (Fsp3) is 0.625. The Balaban J connectivity index is 1.23. The molecule has 2 aromatic rings. The Morgan fingerprint density at radius 1 is 0.737 bits per heavy atom. The molecule has 2 fully saturated rings. The molecule has 2 saturated carbocycles. The topological polar surface area (TPSA) is 9.23 Å². The molecule has 0 saturated heterocycles. The minimum atomic E-state index is -3.80. The third-order valence-corrected chi connectivity index (χ3v) is 8.97. The van der Waals surface area contributed by atoms with Gasteiger partial charge in [-0.2, -0.15) is 8.78 Å². The Labute approximate surface area is 224 Å². The lowest BCUT2D eigenvalue weighted by molar-refractivity contribution is -0.185. The molecule has 0 unspecified atom stereocenters. The van der Waals surface area contributed by atoms with Crippen LogP contribution in [0, 0.1) is 35.2 Å². The lowest BCUT2D eigenvalue weighted by Gasteiger charge is -2.38. The Hall–Kier alpha value is -2.11. The number of benzene rings is 2. The minimum Gasteiger partial charge on any atom is -0.429 e. The lowest BCUT2D eigenvalue weighted by Crippen LogP contribution is -2.25. The average Bonchev–Trinajstić information content (AvgIpc) is 2.92. The molecule has 6 heteroatoms. The van der Waals surface area contributed by atoms with Crippen LogP contribution in [0.2, 0.25) is 0 Å². The summed E-state index contributed by atoms with van der Waals surface area (Å²) in [5.41, 5.74) is 0.621. The summed E-state index contributed by atoms with van der Waals surface area (Å²) in [6, 6.07) is 6.85. The molecule has 2 aliphatic carbocycles. The standard InChI is InChI=1S/C32H41F5O/c1-2-3-4-5-6-7-22-8-10-23(11-9-22)24-12-14-25(15-13-24)26-16-18-27(19-17-26)32(36,37)38-28-20-29(33)31(35)30(34)21-28/h16-25H,2-15H2,1H3/t22-,23-,24?,25?. The summed E-state index contributed by atoms with van der Waals surface area (Å²) in [5.74, 6) is -2.74. The van der Waals surface area contributed by atoms with E-state index in [-0.39, 0.29) is 0 Å². The third kappa shape index (κ3) is 7.51. The molecule has 0 heterocycles. The first-order valence-corrected chi connectivity index (χ1v) is 14.6. The number of halogens is 5. The third-order valence-electron chi connectivity index (χ3n) is 8.97. The maximum atomic E-state index is 14.6. The molecule has 38 heavy (non-hydrogen) atoms. The molecular formula is C32H41F5O. The van der Waals surface area contributed by atoms with Crippen molar-refractivity contribution in [2.45, 2.75) is 109 Å². The number of rotatable bonds is 11. The van der Waals surface area contributed by atoms with E-state index in [0.717, 1.165) is 36.2 Å². The van der Waals surface area contributed by atoms with E-state index in [2.05, 4.69) is 11.7 Å². The van der Waals surface area contributed by atoms with Crippen molar-refractivity contribution in [1.29, 1.82) is 0 Å². The molecule has 0 aromatic heterocycles. The SMILES string of the molecule is CCCCCCC[C@H]1CC[C@H](C2CCC(c3ccc(C(F)(F)Oc4cc(F)c(F)c(F)c4)cc3)CC2)CC1. The number of hydrogen-bond acceptors (Lipinski definition) is 1. The van der Waals surface area contributed by atoms with Gasteiger partial charge in [0.15, 0.2) is 17.5 Å². The van der Waals surface area contributed by atoms with Gasteiger partial charge in [-0.25, -0.2) is 13.2 Å². The van der Waals surface area contributed by atoms with Crippen LogP contribution in [0.5, 0.6) is 5.75 Å². The molecule has 0 bridgehead atoms. The molecule has 2 aliphatic rings. The molecule has 0 radical (unpaired) electrons. The van der Waals surface area contributed by atoms with Crippen molar-refractivity contribution in [2.75, 3.05) is 0 Å². The van der Waals surface area contributed by atoms with Crippen LogP contribution in [0.1, 0.15) is 114 Å². The van der Waals surface area contributed by atoms with Gasteiger partial charge >= 0.3 is 6.11 Å². The highest BCUT2D eigenvalue weighted by Crippen LogP contribution is 2.45. The summed E-state index contributed by atoms with van der Waals surface area (Å²) in [4.78, 5) is 0. The van der Waals surface area contributed by atoms with Crippen molar-refractivity contribution >= 4 is 0 Å². The van der Waals surface area contributed by atoms with Crippen LogP contribution in [-0.2, 0) is 6.11 Å². The predicted molar refractivity (Wildman–Crippen MR) is 141 cm³/mol. The van der Waals surface area contributed by atoms with Gasteiger partial charge in [-0.3, -0.25) is 0 Å². The van der Waals surface area contributed by atoms with Crippen LogP contribution in [0.4, 0.5) is 22.0 Å². The Morgan fingerprint density at radius 2 is 1.29 bits per heavy atom. The Morgan fingerprint density at radius 3 is 1.87 bits per heavy atom. The maximum Gasteiger partial charge on any atom is 0.426 e. The molecule has 0 aliphatic heterocycles. The van der Waals surface area contributed by atoms with Crippen molar-refractivity contribution in [1.82, 2.24) is 0 Å². The zero-order chi connectivity index (χ0) is 27.1. The van der Waals surface area contributed by atoms with E-state index in [4.69, 9.17) is 0 Å². The number of hydrogen-bond donors (Lipinski definition) is 0. The first kappa shape index (κ1) is 28.9. The second-order valence-electron chi connectivity index (χ2n) is 11.5. The first-order chi connectivity index (χ1) is 18.3. The first-order valence-electron chi connectivity index (χ1n) is 14.6. The summed E-state index contributed by atoms with van der Waals surface area (Å²) in [6.45, 7) is 2.26. The quantitative estimate of drug-likeness (QED) is 0.158. The molecule has 0 spiro atoms. The summed E-state index contributed by atoms with van der Waals surface area (Å²) < 4.78 is 73.6. The zero-order valence-corrected chi connectivity index (χ0v) is 22.5. The monoisotopic (exact) mass is 536 g/mol. The lowest BCUT2D eigenvalue weighted by atomic mass is 9.68. The maximum absolute atomic E-state index is 14.6. The Bertz CT molecular complexity index is 982. The molecular weight excluding hydrogens is 495 g/mol. The van der Waals surface area contributed by atoms with Crippen LogP contribution in [0.25, 0.3) is 0 Å². The summed E-state index contributed by atoms with van der Waals surface area (Å²) in [6.07, 6.45) is 14.4. The Kier molecular flexibility index (Phi) is 10.1. The normalized spacial score (nSPS) is 24.4. The van der Waals surface area contributed by atoms with Gasteiger partial charge in [0.25, 0.3) is 0 Å². The second-order valence-corrected chi connectivity index (χ2v) is 11.5. The van der Waals surface area contributed by atoms with Crippen molar-refractivity contribution in [3.63, 3.8) is 0 Å². The van der Waals surface area contributed by atoms with E-state index in [9.17, 15) is 22.0 Å². The van der Waals surface area contributed by atoms with Gasteiger partial charge in [0.05, 0.1) is 5.56 Å². The summed E-state index contributed by atoms with van der Waals surface area (Å²) in [5, 5.41) is 0. The van der Waals surface area contributed by atoms with Crippen molar-refractivity contribution < 1.29 is 26.7 Å². The molecule has 210 valence electrons. The van der Waals surface area contributed by atoms with E-state index in [0.29, 0.717) is 18.1 Å². The number of ether oxygens (including phenoxy) is 1. The number of alkyl halides is 2. The van der Waals surface area contributed by atoms with Crippen molar-refractivity contribution in [2.24, 2.45) is 17.8 Å². The molecule has 2 aromatic carbocycles. The molecule has 4 rings (SSSR count). The van der Waals surface area contributed by atoms with Crippen LogP contribution in [0.15, 0.2) is 36.4 Å². The molecule has 0 atom stereocenters. The van der Waals surface area contributed by atoms with Crippen LogP contribution in [0.3, 0.4) is 0 Å². The van der Waals surface area contributed by atoms with Crippen molar-refractivity contribution in [3.8, 4) is 5.75 Å². The largest absolute Gasteiger partial charge is 0.429 e. The van der Waals surface area contributed by atoms with Gasteiger partial charge in [-0.15, -0.1) is 0 Å². The van der Waals surface area contributed by atoms with E-state index < -0.39 is 34.9 Å². The van der Waals surface area contributed by atoms with Crippen LogP contribution in [-0.4, -0.2) is 0 Å². The molecule has 0 amide bonds. The van der Waals surface area contributed by atoms with E-state index >= 15 is 0 Å². The second kappa shape index (κ2) is 13.3. The van der Waals surface area contributed by atoms with E-state index in [1.807, 2.05) is 0 Å². The van der Waals surface area contributed by atoms with Gasteiger partial charge in [0, 0.05) is 12.1 Å². The van der Waals surface area contributed by atoms with Gasteiger partial charge in [0.2, 0.25) is 0 Å². The van der Waals surface area contributed by atoms with Gasteiger partial charge < -0.3 is 4.74 Å². The average molecular weight is 537 g/mol. The summed E-state index contributed by atoms with van der Waals surface area (Å²) in [7, 11) is 0. The molecule has 0 N–H and O–H groups in total. The zero-order valence-electron chi connectivity index (χ0n) is 22.5. The summed E-state index contributed by atoms with van der Waals surface area (Å²) >= 11 is 0. The van der Waals surface area contributed by atoms with Crippen LogP contribution >= 0.6 is 0 Å². The van der Waals surface area contributed by atoms with Gasteiger partial charge in [-0.1, -0.05) is 70.4 Å². The van der Waals surface area contributed by atoms with Crippen molar-refractivity contribution in [3.05, 3.63) is 65.0 Å². The fourth-order valence-electron chi connectivity index (χ4n) is 6.66.